The number of nitrogens with zero attached hydrogens (tertiary/aromatic N) is 3. The third-order valence-corrected chi connectivity index (χ3v) is 3.07. The van der Waals surface area contributed by atoms with Crippen LogP contribution in [0.2, 0.25) is 0 Å². The van der Waals surface area contributed by atoms with E-state index in [0.29, 0.717) is 23.0 Å². The molecule has 0 aliphatic heterocycles. The summed E-state index contributed by atoms with van der Waals surface area (Å²) in [4.78, 5) is 18.0. The molecular weight excluding hydrogens is 286 g/mol. The number of nitrogens with one attached hydrogen (secondary N) is 2. The Labute approximate surface area is 125 Å². The van der Waals surface area contributed by atoms with Gasteiger partial charge >= 0.3 is 5.97 Å². The van der Waals surface area contributed by atoms with E-state index < -0.39 is 5.97 Å². The average molecular weight is 299 g/mol. The van der Waals surface area contributed by atoms with Crippen molar-refractivity contribution in [3.63, 3.8) is 0 Å². The van der Waals surface area contributed by atoms with Gasteiger partial charge in [-0.25, -0.2) is 4.98 Å². The standard InChI is InChI=1S/C14H13N5O3/c1-22-12-3-2-10(18-19-12)9-6-11(16-7-13(20)21)17-14-8(9)4-5-15-14/h2-6H,7H2,1H3,(H,20,21)(H2,15,16,17). The van der Waals surface area contributed by atoms with Crippen molar-refractivity contribution in [2.45, 2.75) is 0 Å². The van der Waals surface area contributed by atoms with E-state index in [4.69, 9.17) is 9.84 Å². The van der Waals surface area contributed by atoms with E-state index in [1.807, 2.05) is 6.07 Å². The molecule has 0 aliphatic rings. The number of methoxy groups -OCH3 is 1. The van der Waals surface area contributed by atoms with Crippen LogP contribution in [-0.4, -0.2) is 44.9 Å². The Morgan fingerprint density at radius 1 is 1.36 bits per heavy atom. The highest BCUT2D eigenvalue weighted by Gasteiger charge is 2.11. The van der Waals surface area contributed by atoms with Crippen LogP contribution in [0.5, 0.6) is 5.88 Å². The molecule has 0 fully saturated rings. The summed E-state index contributed by atoms with van der Waals surface area (Å²) in [7, 11) is 1.52. The number of aromatic nitrogens is 4. The van der Waals surface area contributed by atoms with E-state index in [0.717, 1.165) is 10.9 Å². The molecule has 0 amide bonds. The average Bonchev–Trinajstić information content (AvgIpc) is 3.00. The lowest BCUT2D eigenvalue weighted by Crippen LogP contribution is -2.13. The third kappa shape index (κ3) is 2.66. The summed E-state index contributed by atoms with van der Waals surface area (Å²) >= 11 is 0. The Morgan fingerprint density at radius 2 is 2.23 bits per heavy atom. The lowest BCUT2D eigenvalue weighted by atomic mass is 10.1. The Morgan fingerprint density at radius 3 is 2.91 bits per heavy atom. The number of hydrogen-bond acceptors (Lipinski definition) is 6. The van der Waals surface area contributed by atoms with Crippen molar-refractivity contribution in [1.29, 1.82) is 0 Å². The molecule has 0 saturated heterocycles. The summed E-state index contributed by atoms with van der Waals surface area (Å²) in [5.41, 5.74) is 2.09. The van der Waals surface area contributed by atoms with Crippen molar-refractivity contribution in [2.24, 2.45) is 0 Å². The maximum Gasteiger partial charge on any atom is 0.322 e. The quantitative estimate of drug-likeness (QED) is 0.654. The lowest BCUT2D eigenvalue weighted by Gasteiger charge is -2.07. The van der Waals surface area contributed by atoms with Gasteiger partial charge in [-0.3, -0.25) is 4.79 Å². The summed E-state index contributed by atoms with van der Waals surface area (Å²) < 4.78 is 5.00. The number of H-pyrrole nitrogens is 1. The maximum absolute atomic E-state index is 10.7. The molecule has 0 saturated carbocycles. The first-order chi connectivity index (χ1) is 10.7. The number of fused-ring (bicyclic) bond motifs is 1. The number of carboxylic acid groups (broad SMARTS) is 1. The molecule has 0 bridgehead atoms. The van der Waals surface area contributed by atoms with E-state index in [9.17, 15) is 4.79 Å². The minimum atomic E-state index is -0.959. The van der Waals surface area contributed by atoms with E-state index in [1.165, 1.54) is 7.11 Å². The Balaban J connectivity index is 2.05. The zero-order chi connectivity index (χ0) is 15.5. The predicted octanol–water partition coefficient (Wildman–Crippen LogP) is 1.52. The Kier molecular flexibility index (Phi) is 3.57. The summed E-state index contributed by atoms with van der Waals surface area (Å²) in [5.74, 6) is -0.0866. The summed E-state index contributed by atoms with van der Waals surface area (Å²) in [6.07, 6.45) is 1.76. The van der Waals surface area contributed by atoms with E-state index in [-0.39, 0.29) is 6.54 Å². The highest BCUT2D eigenvalue weighted by Crippen LogP contribution is 2.28. The van der Waals surface area contributed by atoms with Crippen molar-refractivity contribution < 1.29 is 14.6 Å². The number of hydrogen-bond donors (Lipinski definition) is 3. The van der Waals surface area contributed by atoms with Gasteiger partial charge in [-0.15, -0.1) is 10.2 Å². The van der Waals surface area contributed by atoms with Gasteiger partial charge in [-0.05, 0) is 18.2 Å². The summed E-state index contributed by atoms with van der Waals surface area (Å²) in [6, 6.07) is 7.13. The monoisotopic (exact) mass is 299 g/mol. The van der Waals surface area contributed by atoms with Crippen LogP contribution in [0, 0.1) is 0 Å². The highest BCUT2D eigenvalue weighted by atomic mass is 16.5. The summed E-state index contributed by atoms with van der Waals surface area (Å²) in [6.45, 7) is -0.215. The number of carboxylic acids is 1. The molecule has 22 heavy (non-hydrogen) atoms. The Hall–Kier alpha value is -3.16. The Bertz CT molecular complexity index is 813. The summed E-state index contributed by atoms with van der Waals surface area (Å²) in [5, 5.41) is 20.5. The molecule has 0 atom stereocenters. The molecule has 3 aromatic heterocycles. The topological polar surface area (TPSA) is 113 Å². The number of ether oxygens (including phenoxy) is 1. The van der Waals surface area contributed by atoms with Crippen LogP contribution in [-0.2, 0) is 4.79 Å². The van der Waals surface area contributed by atoms with Gasteiger partial charge in [0, 0.05) is 23.2 Å². The second kappa shape index (κ2) is 5.68. The first-order valence-electron chi connectivity index (χ1n) is 6.49. The number of aromatic amines is 1. The number of carbonyl (C=O) groups is 1. The molecule has 0 spiro atoms. The van der Waals surface area contributed by atoms with Crippen LogP contribution >= 0.6 is 0 Å². The molecule has 8 heteroatoms. The molecule has 0 aromatic carbocycles. The molecule has 112 valence electrons. The van der Waals surface area contributed by atoms with Crippen LogP contribution in [0.25, 0.3) is 22.3 Å². The SMILES string of the molecule is COc1ccc(-c2cc(NCC(=O)O)nc3[nH]ccc23)nn1. The van der Waals surface area contributed by atoms with Gasteiger partial charge in [0.1, 0.15) is 18.0 Å². The zero-order valence-corrected chi connectivity index (χ0v) is 11.7. The molecule has 0 radical (unpaired) electrons. The van der Waals surface area contributed by atoms with Crippen molar-refractivity contribution in [3.8, 4) is 17.1 Å². The van der Waals surface area contributed by atoms with Crippen LogP contribution in [0.3, 0.4) is 0 Å². The molecular formula is C14H13N5O3. The fourth-order valence-corrected chi connectivity index (χ4v) is 2.08. The molecule has 3 aromatic rings. The van der Waals surface area contributed by atoms with Gasteiger partial charge in [0.05, 0.1) is 12.8 Å². The largest absolute Gasteiger partial charge is 0.480 e. The molecule has 3 rings (SSSR count). The minimum absolute atomic E-state index is 0.215. The molecule has 0 unspecified atom stereocenters. The van der Waals surface area contributed by atoms with E-state index >= 15 is 0 Å². The molecule has 3 N–H and O–H groups in total. The fourth-order valence-electron chi connectivity index (χ4n) is 2.08. The smallest absolute Gasteiger partial charge is 0.322 e. The second-order valence-corrected chi connectivity index (χ2v) is 4.50. The van der Waals surface area contributed by atoms with Gasteiger partial charge in [0.15, 0.2) is 0 Å². The normalized spacial score (nSPS) is 10.6. The molecule has 0 aliphatic carbocycles. The van der Waals surface area contributed by atoms with Crippen molar-refractivity contribution in [2.75, 3.05) is 19.0 Å². The lowest BCUT2D eigenvalue weighted by molar-refractivity contribution is -0.134. The van der Waals surface area contributed by atoms with Gasteiger partial charge < -0.3 is 20.1 Å². The van der Waals surface area contributed by atoms with Crippen LogP contribution in [0.1, 0.15) is 0 Å². The van der Waals surface area contributed by atoms with E-state index in [1.54, 1.807) is 24.4 Å². The van der Waals surface area contributed by atoms with Crippen molar-refractivity contribution in [1.82, 2.24) is 20.2 Å². The highest BCUT2D eigenvalue weighted by molar-refractivity contribution is 5.93. The molecule has 8 nitrogen and oxygen atoms in total. The maximum atomic E-state index is 10.7. The van der Waals surface area contributed by atoms with Crippen molar-refractivity contribution in [3.05, 3.63) is 30.5 Å². The van der Waals surface area contributed by atoms with Crippen LogP contribution < -0.4 is 10.1 Å². The minimum Gasteiger partial charge on any atom is -0.480 e. The first-order valence-corrected chi connectivity index (χ1v) is 6.49. The number of aliphatic carboxylic acids is 1. The fraction of sp³-hybridized carbons (Fsp3) is 0.143. The number of pyridine rings is 1. The van der Waals surface area contributed by atoms with Gasteiger partial charge in [-0.1, -0.05) is 0 Å². The second-order valence-electron chi connectivity index (χ2n) is 4.50. The third-order valence-electron chi connectivity index (χ3n) is 3.07. The van der Waals surface area contributed by atoms with Crippen molar-refractivity contribution >= 4 is 22.8 Å². The first kappa shape index (κ1) is 13.8. The predicted molar refractivity (Wildman–Crippen MR) is 79.8 cm³/mol. The zero-order valence-electron chi connectivity index (χ0n) is 11.7. The van der Waals surface area contributed by atoms with Crippen LogP contribution in [0.15, 0.2) is 30.5 Å². The number of rotatable bonds is 5. The molecule has 3 heterocycles. The van der Waals surface area contributed by atoms with Gasteiger partial charge in [0.25, 0.3) is 0 Å². The van der Waals surface area contributed by atoms with Gasteiger partial charge in [0.2, 0.25) is 5.88 Å². The number of anilines is 1. The van der Waals surface area contributed by atoms with Crippen LogP contribution in [0.4, 0.5) is 5.82 Å². The van der Waals surface area contributed by atoms with Gasteiger partial charge in [-0.2, -0.15) is 0 Å². The van der Waals surface area contributed by atoms with E-state index in [2.05, 4.69) is 25.5 Å².